The SMILES string of the molecule is C=CC(=O)Nc1cc(C(=O)N[C@@H]2COC[C@H]2N(C)C)ccc1O. The molecule has 1 aromatic rings. The van der Waals surface area contributed by atoms with Crippen LogP contribution in [0.3, 0.4) is 0 Å². The van der Waals surface area contributed by atoms with Gasteiger partial charge in [0.15, 0.2) is 0 Å². The lowest BCUT2D eigenvalue weighted by atomic mass is 10.1. The summed E-state index contributed by atoms with van der Waals surface area (Å²) in [7, 11) is 3.87. The Kier molecular flexibility index (Phi) is 5.36. The van der Waals surface area contributed by atoms with Crippen molar-refractivity contribution in [3.8, 4) is 5.75 Å². The molecule has 2 rings (SSSR count). The van der Waals surface area contributed by atoms with E-state index in [2.05, 4.69) is 17.2 Å². The standard InChI is InChI=1S/C16H21N3O4/c1-4-15(21)17-11-7-10(5-6-14(11)20)16(22)18-12-8-23-9-13(12)19(2)3/h4-7,12-13,20H,1,8-9H2,2-3H3,(H,17,21)(H,18,22)/t12-,13-/m1/s1. The smallest absolute Gasteiger partial charge is 0.251 e. The highest BCUT2D eigenvalue weighted by molar-refractivity contribution is 6.02. The highest BCUT2D eigenvalue weighted by Crippen LogP contribution is 2.24. The number of ether oxygens (including phenoxy) is 1. The Morgan fingerprint density at radius 1 is 1.39 bits per heavy atom. The van der Waals surface area contributed by atoms with Crippen LogP contribution >= 0.6 is 0 Å². The zero-order valence-electron chi connectivity index (χ0n) is 13.2. The summed E-state index contributed by atoms with van der Waals surface area (Å²) in [6.07, 6.45) is 1.09. The van der Waals surface area contributed by atoms with E-state index in [9.17, 15) is 14.7 Å². The second-order valence-corrected chi connectivity index (χ2v) is 5.57. The van der Waals surface area contributed by atoms with Crippen LogP contribution in [0, 0.1) is 0 Å². The van der Waals surface area contributed by atoms with Gasteiger partial charge in [0.05, 0.1) is 31.0 Å². The van der Waals surface area contributed by atoms with E-state index >= 15 is 0 Å². The highest BCUT2D eigenvalue weighted by Gasteiger charge is 2.31. The largest absolute Gasteiger partial charge is 0.506 e. The van der Waals surface area contributed by atoms with Gasteiger partial charge in [-0.3, -0.25) is 9.59 Å². The van der Waals surface area contributed by atoms with Crippen molar-refractivity contribution in [3.05, 3.63) is 36.4 Å². The van der Waals surface area contributed by atoms with Crippen molar-refractivity contribution in [2.45, 2.75) is 12.1 Å². The van der Waals surface area contributed by atoms with Gasteiger partial charge in [0.2, 0.25) is 5.91 Å². The third-order valence-electron chi connectivity index (χ3n) is 3.73. The number of benzene rings is 1. The van der Waals surface area contributed by atoms with Crippen molar-refractivity contribution in [3.63, 3.8) is 0 Å². The van der Waals surface area contributed by atoms with Crippen LogP contribution < -0.4 is 10.6 Å². The van der Waals surface area contributed by atoms with E-state index in [1.54, 1.807) is 0 Å². The first-order valence-electron chi connectivity index (χ1n) is 7.24. The molecule has 1 heterocycles. The summed E-state index contributed by atoms with van der Waals surface area (Å²) < 4.78 is 5.41. The predicted molar refractivity (Wildman–Crippen MR) is 86.5 cm³/mol. The van der Waals surface area contributed by atoms with Crippen molar-refractivity contribution >= 4 is 17.5 Å². The minimum atomic E-state index is -0.463. The molecule has 7 nitrogen and oxygen atoms in total. The molecule has 0 spiro atoms. The lowest BCUT2D eigenvalue weighted by molar-refractivity contribution is -0.111. The molecule has 2 atom stereocenters. The van der Waals surface area contributed by atoms with Gasteiger partial charge >= 0.3 is 0 Å². The quantitative estimate of drug-likeness (QED) is 0.545. The van der Waals surface area contributed by atoms with E-state index in [1.165, 1.54) is 18.2 Å². The molecule has 1 saturated heterocycles. The second kappa shape index (κ2) is 7.26. The van der Waals surface area contributed by atoms with E-state index < -0.39 is 5.91 Å². The number of carbonyl (C=O) groups is 2. The summed E-state index contributed by atoms with van der Waals surface area (Å²) in [4.78, 5) is 25.7. The number of likely N-dealkylation sites (N-methyl/N-ethyl adjacent to an activating group) is 1. The molecule has 2 amide bonds. The molecule has 1 aliphatic heterocycles. The van der Waals surface area contributed by atoms with Gasteiger partial charge in [0, 0.05) is 5.56 Å². The van der Waals surface area contributed by atoms with Crippen molar-refractivity contribution in [1.82, 2.24) is 10.2 Å². The number of nitrogens with zero attached hydrogens (tertiary/aromatic N) is 1. The van der Waals surface area contributed by atoms with Crippen molar-refractivity contribution in [2.75, 3.05) is 32.6 Å². The predicted octanol–water partition coefficient (Wildman–Crippen LogP) is 0.575. The van der Waals surface area contributed by atoms with Crippen LogP contribution in [0.15, 0.2) is 30.9 Å². The maximum absolute atomic E-state index is 12.4. The van der Waals surface area contributed by atoms with Crippen LogP contribution in [0.4, 0.5) is 5.69 Å². The molecular weight excluding hydrogens is 298 g/mol. The number of anilines is 1. The first-order chi connectivity index (χ1) is 10.9. The Balaban J connectivity index is 2.11. The van der Waals surface area contributed by atoms with E-state index in [1.807, 2.05) is 19.0 Å². The average Bonchev–Trinajstić information content (AvgIpc) is 2.97. The van der Waals surface area contributed by atoms with Gasteiger partial charge in [-0.15, -0.1) is 0 Å². The molecule has 0 saturated carbocycles. The number of amides is 2. The van der Waals surface area contributed by atoms with E-state index in [0.29, 0.717) is 18.8 Å². The number of carbonyl (C=O) groups excluding carboxylic acids is 2. The first-order valence-corrected chi connectivity index (χ1v) is 7.24. The van der Waals surface area contributed by atoms with Crippen molar-refractivity contribution in [2.24, 2.45) is 0 Å². The Hall–Kier alpha value is -2.38. The van der Waals surface area contributed by atoms with E-state index in [4.69, 9.17) is 4.74 Å². The van der Waals surface area contributed by atoms with Gasteiger partial charge in [0.1, 0.15) is 5.75 Å². The van der Waals surface area contributed by atoms with Crippen LogP contribution in [0.2, 0.25) is 0 Å². The van der Waals surface area contributed by atoms with Crippen LogP contribution in [0.1, 0.15) is 10.4 Å². The molecule has 23 heavy (non-hydrogen) atoms. The minimum absolute atomic E-state index is 0.107. The minimum Gasteiger partial charge on any atom is -0.506 e. The average molecular weight is 319 g/mol. The molecule has 1 aromatic carbocycles. The fraction of sp³-hybridized carbons (Fsp3) is 0.375. The molecule has 0 aromatic heterocycles. The summed E-state index contributed by atoms with van der Waals surface area (Å²) >= 11 is 0. The van der Waals surface area contributed by atoms with Gasteiger partial charge in [-0.1, -0.05) is 6.58 Å². The van der Waals surface area contributed by atoms with Gasteiger partial charge in [0.25, 0.3) is 5.91 Å². The van der Waals surface area contributed by atoms with Crippen LogP contribution in [-0.4, -0.2) is 61.2 Å². The van der Waals surface area contributed by atoms with Gasteiger partial charge in [-0.2, -0.15) is 0 Å². The monoisotopic (exact) mass is 319 g/mol. The normalized spacial score (nSPS) is 20.3. The fourth-order valence-electron chi connectivity index (χ4n) is 2.40. The lowest BCUT2D eigenvalue weighted by Crippen LogP contribution is -2.48. The molecule has 3 N–H and O–H groups in total. The summed E-state index contributed by atoms with van der Waals surface area (Å²) in [6.45, 7) is 4.36. The van der Waals surface area contributed by atoms with Crippen molar-refractivity contribution in [1.29, 1.82) is 0 Å². The van der Waals surface area contributed by atoms with Crippen LogP contribution in [0.5, 0.6) is 5.75 Å². The molecule has 1 fully saturated rings. The number of nitrogens with one attached hydrogen (secondary N) is 2. The molecule has 1 aliphatic rings. The molecule has 0 aliphatic carbocycles. The summed E-state index contributed by atoms with van der Waals surface area (Å²) in [5.74, 6) is -0.872. The highest BCUT2D eigenvalue weighted by atomic mass is 16.5. The topological polar surface area (TPSA) is 90.9 Å². The number of phenolic OH excluding ortho intramolecular Hbond substituents is 1. The second-order valence-electron chi connectivity index (χ2n) is 5.57. The summed E-state index contributed by atoms with van der Waals surface area (Å²) in [5.41, 5.74) is 0.501. The van der Waals surface area contributed by atoms with Crippen LogP contribution in [-0.2, 0) is 9.53 Å². The molecule has 0 bridgehead atoms. The van der Waals surface area contributed by atoms with Crippen molar-refractivity contribution < 1.29 is 19.4 Å². The zero-order valence-corrected chi connectivity index (χ0v) is 13.2. The third-order valence-corrected chi connectivity index (χ3v) is 3.73. The maximum atomic E-state index is 12.4. The Morgan fingerprint density at radius 3 is 2.78 bits per heavy atom. The first kappa shape index (κ1) is 17.0. The number of rotatable bonds is 5. The number of hydrogen-bond acceptors (Lipinski definition) is 5. The molecule has 124 valence electrons. The summed E-state index contributed by atoms with van der Waals surface area (Å²) in [6, 6.07) is 4.28. The Morgan fingerprint density at radius 2 is 2.13 bits per heavy atom. The van der Waals surface area contributed by atoms with E-state index in [0.717, 1.165) is 6.08 Å². The maximum Gasteiger partial charge on any atom is 0.251 e. The van der Waals surface area contributed by atoms with Gasteiger partial charge in [-0.25, -0.2) is 0 Å². The lowest BCUT2D eigenvalue weighted by Gasteiger charge is -2.25. The number of phenols is 1. The third kappa shape index (κ3) is 4.08. The zero-order chi connectivity index (χ0) is 17.0. The van der Waals surface area contributed by atoms with Gasteiger partial charge < -0.3 is 25.4 Å². The summed E-state index contributed by atoms with van der Waals surface area (Å²) in [5, 5.41) is 15.1. The Bertz CT molecular complexity index is 615. The molecule has 0 radical (unpaired) electrons. The number of hydrogen-bond donors (Lipinski definition) is 3. The fourth-order valence-corrected chi connectivity index (χ4v) is 2.40. The van der Waals surface area contributed by atoms with E-state index in [-0.39, 0.29) is 29.4 Å². The van der Waals surface area contributed by atoms with Gasteiger partial charge in [-0.05, 0) is 38.4 Å². The molecular formula is C16H21N3O4. The number of aromatic hydroxyl groups is 1. The van der Waals surface area contributed by atoms with Crippen LogP contribution in [0.25, 0.3) is 0 Å². The molecule has 0 unspecified atom stereocenters. The Labute approximate surface area is 134 Å². The molecule has 7 heteroatoms.